The standard InChI is InChI=1S/C21H16Cl2N4O3/c22-14-4-2-5-15(23)18(14)21(30)27-16-6-1-3-12-17(13(7-8-28)20(25)29)11(9-24)10-26-19(12)16/h1-6,10,13,28H,7-8H2,(H2,25,29)(H,27,30). The van der Waals surface area contributed by atoms with Crippen molar-refractivity contribution in [3.05, 3.63) is 69.3 Å². The summed E-state index contributed by atoms with van der Waals surface area (Å²) in [5, 5.41) is 22.4. The second-order valence-corrected chi connectivity index (χ2v) is 7.23. The molecular formula is C21H16Cl2N4O3. The maximum absolute atomic E-state index is 12.8. The Morgan fingerprint density at radius 3 is 2.47 bits per heavy atom. The van der Waals surface area contributed by atoms with Gasteiger partial charge in [0.15, 0.2) is 0 Å². The molecule has 2 amide bonds. The Morgan fingerprint density at radius 2 is 1.87 bits per heavy atom. The van der Waals surface area contributed by atoms with Crippen molar-refractivity contribution in [2.24, 2.45) is 5.73 Å². The molecule has 1 unspecified atom stereocenters. The number of nitrogens with two attached hydrogens (primary N) is 1. The van der Waals surface area contributed by atoms with Gasteiger partial charge < -0.3 is 16.2 Å². The molecule has 0 spiro atoms. The second-order valence-electron chi connectivity index (χ2n) is 6.42. The number of nitrogens with one attached hydrogen (secondary N) is 1. The monoisotopic (exact) mass is 442 g/mol. The van der Waals surface area contributed by atoms with Crippen molar-refractivity contribution >= 4 is 51.6 Å². The van der Waals surface area contributed by atoms with E-state index in [-0.39, 0.29) is 34.2 Å². The molecule has 0 aliphatic carbocycles. The van der Waals surface area contributed by atoms with Crippen LogP contribution < -0.4 is 11.1 Å². The Morgan fingerprint density at radius 1 is 1.20 bits per heavy atom. The number of hydrogen-bond acceptors (Lipinski definition) is 5. The minimum absolute atomic E-state index is 0.0505. The quantitative estimate of drug-likeness (QED) is 0.536. The van der Waals surface area contributed by atoms with Gasteiger partial charge in [-0.3, -0.25) is 14.6 Å². The minimum atomic E-state index is -0.890. The van der Waals surface area contributed by atoms with Crippen LogP contribution in [0.2, 0.25) is 10.0 Å². The van der Waals surface area contributed by atoms with Crippen molar-refractivity contribution in [2.75, 3.05) is 11.9 Å². The smallest absolute Gasteiger partial charge is 0.258 e. The Bertz CT molecular complexity index is 1170. The molecule has 9 heteroatoms. The number of pyridine rings is 1. The molecule has 0 radical (unpaired) electrons. The lowest BCUT2D eigenvalue weighted by Gasteiger charge is -2.18. The lowest BCUT2D eigenvalue weighted by Crippen LogP contribution is -2.23. The number of fused-ring (bicyclic) bond motifs is 1. The summed E-state index contributed by atoms with van der Waals surface area (Å²) in [5.41, 5.74) is 6.85. The summed E-state index contributed by atoms with van der Waals surface area (Å²) in [5.74, 6) is -2.10. The van der Waals surface area contributed by atoms with Crippen LogP contribution in [-0.4, -0.2) is 28.5 Å². The highest BCUT2D eigenvalue weighted by Gasteiger charge is 2.25. The van der Waals surface area contributed by atoms with Crippen LogP contribution in [-0.2, 0) is 4.79 Å². The zero-order valence-corrected chi connectivity index (χ0v) is 17.0. The predicted octanol–water partition coefficient (Wildman–Crippen LogP) is 3.62. The zero-order valence-electron chi connectivity index (χ0n) is 15.5. The summed E-state index contributed by atoms with van der Waals surface area (Å²) in [7, 11) is 0. The average Bonchev–Trinajstić information content (AvgIpc) is 2.71. The number of aromatic nitrogens is 1. The van der Waals surface area contributed by atoms with Crippen LogP contribution in [0.3, 0.4) is 0 Å². The molecule has 4 N–H and O–H groups in total. The van der Waals surface area contributed by atoms with Gasteiger partial charge >= 0.3 is 0 Å². The van der Waals surface area contributed by atoms with Gasteiger partial charge in [0.1, 0.15) is 6.07 Å². The molecular weight excluding hydrogens is 427 g/mol. The number of halogens is 2. The first kappa shape index (κ1) is 21.5. The fourth-order valence-corrected chi connectivity index (χ4v) is 3.84. The van der Waals surface area contributed by atoms with E-state index >= 15 is 0 Å². The van der Waals surface area contributed by atoms with Crippen LogP contribution in [0.4, 0.5) is 5.69 Å². The lowest BCUT2D eigenvalue weighted by atomic mass is 9.89. The summed E-state index contributed by atoms with van der Waals surface area (Å²) >= 11 is 12.2. The number of carbonyl (C=O) groups excluding carboxylic acids is 2. The molecule has 1 aromatic heterocycles. The fourth-order valence-electron chi connectivity index (χ4n) is 3.27. The van der Waals surface area contributed by atoms with Crippen molar-refractivity contribution in [2.45, 2.75) is 12.3 Å². The lowest BCUT2D eigenvalue weighted by molar-refractivity contribution is -0.119. The van der Waals surface area contributed by atoms with Gasteiger partial charge in [0.2, 0.25) is 5.91 Å². The third-order valence-corrected chi connectivity index (χ3v) is 5.24. The highest BCUT2D eigenvalue weighted by molar-refractivity contribution is 6.40. The molecule has 7 nitrogen and oxygen atoms in total. The predicted molar refractivity (Wildman–Crippen MR) is 115 cm³/mol. The SMILES string of the molecule is N#Cc1cnc2c(NC(=O)c3c(Cl)cccc3Cl)cccc2c1C(CCO)C(N)=O. The zero-order chi connectivity index (χ0) is 21.8. The Balaban J connectivity index is 2.15. The number of benzene rings is 2. The number of amides is 2. The number of para-hydroxylation sites is 1. The first-order valence-electron chi connectivity index (χ1n) is 8.86. The van der Waals surface area contributed by atoms with Gasteiger partial charge in [0.25, 0.3) is 5.91 Å². The van der Waals surface area contributed by atoms with Crippen molar-refractivity contribution in [1.82, 2.24) is 4.98 Å². The van der Waals surface area contributed by atoms with Gasteiger partial charge in [-0.1, -0.05) is 41.4 Å². The van der Waals surface area contributed by atoms with E-state index in [4.69, 9.17) is 28.9 Å². The number of anilines is 1. The number of nitrogens with zero attached hydrogens (tertiary/aromatic N) is 2. The van der Waals surface area contributed by atoms with Crippen molar-refractivity contribution in [3.8, 4) is 6.07 Å². The van der Waals surface area contributed by atoms with E-state index in [9.17, 15) is 20.0 Å². The average molecular weight is 443 g/mol. The molecule has 1 atom stereocenters. The highest BCUT2D eigenvalue weighted by atomic mass is 35.5. The number of hydrogen-bond donors (Lipinski definition) is 3. The maximum atomic E-state index is 12.8. The van der Waals surface area contributed by atoms with Gasteiger partial charge in [-0.2, -0.15) is 5.26 Å². The summed E-state index contributed by atoms with van der Waals surface area (Å²) in [6.07, 6.45) is 1.36. The molecule has 0 bridgehead atoms. The van der Waals surface area contributed by atoms with Crippen molar-refractivity contribution < 1.29 is 14.7 Å². The number of rotatable bonds is 6. The molecule has 0 aliphatic heterocycles. The maximum Gasteiger partial charge on any atom is 0.258 e. The van der Waals surface area contributed by atoms with Gasteiger partial charge in [-0.15, -0.1) is 0 Å². The minimum Gasteiger partial charge on any atom is -0.396 e. The third-order valence-electron chi connectivity index (χ3n) is 4.61. The van der Waals surface area contributed by atoms with Crippen LogP contribution in [0.15, 0.2) is 42.6 Å². The molecule has 0 fully saturated rings. The van der Waals surface area contributed by atoms with E-state index in [1.165, 1.54) is 6.20 Å². The Hall–Kier alpha value is -3.18. The largest absolute Gasteiger partial charge is 0.396 e. The normalized spacial score (nSPS) is 11.7. The van der Waals surface area contributed by atoms with Gasteiger partial charge in [-0.05, 0) is 30.2 Å². The van der Waals surface area contributed by atoms with Gasteiger partial charge in [-0.25, -0.2) is 0 Å². The van der Waals surface area contributed by atoms with Crippen LogP contribution in [0, 0.1) is 11.3 Å². The Labute approximate surface area is 182 Å². The molecule has 152 valence electrons. The summed E-state index contributed by atoms with van der Waals surface area (Å²) in [4.78, 5) is 29.1. The van der Waals surface area contributed by atoms with Crippen LogP contribution >= 0.6 is 23.2 Å². The van der Waals surface area contributed by atoms with Crippen LogP contribution in [0.25, 0.3) is 10.9 Å². The van der Waals surface area contributed by atoms with Gasteiger partial charge in [0, 0.05) is 18.2 Å². The molecule has 3 rings (SSSR count). The van der Waals surface area contributed by atoms with Gasteiger partial charge in [0.05, 0.1) is 38.3 Å². The van der Waals surface area contributed by atoms with Crippen LogP contribution in [0.5, 0.6) is 0 Å². The van der Waals surface area contributed by atoms with Crippen molar-refractivity contribution in [1.29, 1.82) is 5.26 Å². The molecule has 0 saturated heterocycles. The number of aliphatic hydroxyl groups excluding tert-OH is 1. The molecule has 3 aromatic rings. The first-order valence-corrected chi connectivity index (χ1v) is 9.61. The van der Waals surface area contributed by atoms with E-state index in [0.717, 1.165) is 0 Å². The number of carbonyl (C=O) groups is 2. The van der Waals surface area contributed by atoms with E-state index in [1.807, 2.05) is 6.07 Å². The molecule has 0 saturated carbocycles. The van der Waals surface area contributed by atoms with Crippen molar-refractivity contribution in [3.63, 3.8) is 0 Å². The number of aliphatic hydroxyl groups is 1. The fraction of sp³-hybridized carbons (Fsp3) is 0.143. The summed E-state index contributed by atoms with van der Waals surface area (Å²) < 4.78 is 0. The van der Waals surface area contributed by atoms with E-state index in [1.54, 1.807) is 36.4 Å². The third kappa shape index (κ3) is 4.07. The van der Waals surface area contributed by atoms with E-state index < -0.39 is 17.7 Å². The molecule has 2 aromatic carbocycles. The first-order chi connectivity index (χ1) is 14.4. The summed E-state index contributed by atoms with van der Waals surface area (Å²) in [6, 6.07) is 11.7. The Kier molecular flexibility index (Phi) is 6.53. The highest BCUT2D eigenvalue weighted by Crippen LogP contribution is 2.33. The summed E-state index contributed by atoms with van der Waals surface area (Å²) in [6.45, 7) is -0.288. The van der Waals surface area contributed by atoms with E-state index in [0.29, 0.717) is 22.2 Å². The number of primary amides is 1. The number of nitriles is 1. The van der Waals surface area contributed by atoms with Crippen LogP contribution in [0.1, 0.15) is 33.8 Å². The molecule has 0 aliphatic rings. The topological polar surface area (TPSA) is 129 Å². The van der Waals surface area contributed by atoms with E-state index in [2.05, 4.69) is 10.3 Å². The molecule has 30 heavy (non-hydrogen) atoms. The molecule has 1 heterocycles. The second kappa shape index (κ2) is 9.09.